The summed E-state index contributed by atoms with van der Waals surface area (Å²) in [6, 6.07) is 6.71. The molecule has 0 bridgehead atoms. The molecule has 9 heteroatoms. The maximum Gasteiger partial charge on any atom is 0.284 e. The largest absolute Gasteiger partial charge is 0.463 e. The van der Waals surface area contributed by atoms with Gasteiger partial charge in [-0.05, 0) is 45.0 Å². The van der Waals surface area contributed by atoms with Gasteiger partial charge in [-0.2, -0.15) is 0 Å². The van der Waals surface area contributed by atoms with Gasteiger partial charge in [-0.3, -0.25) is 4.79 Å². The number of carbonyl (C=O) groups is 1. The summed E-state index contributed by atoms with van der Waals surface area (Å²) in [6.07, 6.45) is 0. The van der Waals surface area contributed by atoms with Crippen molar-refractivity contribution in [3.05, 3.63) is 47.3 Å². The SMILES string of the molecule is CCNC(=NCc1ccc(C(N)=O)o1)NCC(C)(O)c1ccc(C)o1.I. The first kappa shape index (κ1) is 22.0. The second kappa shape index (κ2) is 9.62. The zero-order valence-corrected chi connectivity index (χ0v) is 17.4. The molecule has 1 amide bonds. The molecule has 0 saturated carbocycles. The second-order valence-electron chi connectivity index (χ2n) is 5.86. The van der Waals surface area contributed by atoms with Gasteiger partial charge in [0.05, 0.1) is 6.54 Å². The molecule has 0 saturated heterocycles. The monoisotopic (exact) mass is 476 g/mol. The Labute approximate surface area is 169 Å². The van der Waals surface area contributed by atoms with Crippen LogP contribution in [-0.2, 0) is 12.1 Å². The van der Waals surface area contributed by atoms with Crippen molar-refractivity contribution < 1.29 is 18.7 Å². The number of nitrogens with two attached hydrogens (primary N) is 1. The minimum absolute atomic E-state index is 0. The Morgan fingerprint density at radius 3 is 2.54 bits per heavy atom. The van der Waals surface area contributed by atoms with Crippen molar-refractivity contribution in [3.8, 4) is 0 Å². The molecule has 144 valence electrons. The fourth-order valence-corrected chi connectivity index (χ4v) is 2.16. The van der Waals surface area contributed by atoms with Crippen molar-refractivity contribution >= 4 is 35.8 Å². The molecule has 5 N–H and O–H groups in total. The van der Waals surface area contributed by atoms with Gasteiger partial charge in [0.25, 0.3) is 5.91 Å². The Kier molecular flexibility index (Phi) is 8.15. The first-order valence-electron chi connectivity index (χ1n) is 8.02. The van der Waals surface area contributed by atoms with Crippen molar-refractivity contribution in [1.29, 1.82) is 0 Å². The van der Waals surface area contributed by atoms with Crippen molar-refractivity contribution in [2.45, 2.75) is 32.9 Å². The molecular weight excluding hydrogens is 451 g/mol. The fourth-order valence-electron chi connectivity index (χ4n) is 2.16. The van der Waals surface area contributed by atoms with Gasteiger partial charge >= 0.3 is 0 Å². The van der Waals surface area contributed by atoms with Crippen molar-refractivity contribution in [2.75, 3.05) is 13.1 Å². The summed E-state index contributed by atoms with van der Waals surface area (Å²) in [5, 5.41) is 16.7. The summed E-state index contributed by atoms with van der Waals surface area (Å²) in [4.78, 5) is 15.4. The molecule has 1 atom stereocenters. The molecule has 2 heterocycles. The van der Waals surface area contributed by atoms with Crippen LogP contribution in [0.4, 0.5) is 0 Å². The third-order valence-electron chi connectivity index (χ3n) is 3.51. The van der Waals surface area contributed by atoms with Crippen molar-refractivity contribution in [3.63, 3.8) is 0 Å². The molecule has 0 aliphatic rings. The van der Waals surface area contributed by atoms with Crippen molar-refractivity contribution in [2.24, 2.45) is 10.7 Å². The Hall–Kier alpha value is -2.01. The smallest absolute Gasteiger partial charge is 0.284 e. The molecule has 2 aromatic heterocycles. The molecule has 0 aliphatic heterocycles. The predicted octanol–water partition coefficient (Wildman–Crippen LogP) is 1.86. The minimum atomic E-state index is -1.19. The van der Waals surface area contributed by atoms with Crippen LogP contribution in [0.25, 0.3) is 0 Å². The number of aliphatic imine (C=N–C) groups is 1. The van der Waals surface area contributed by atoms with Gasteiger partial charge in [-0.1, -0.05) is 0 Å². The first-order chi connectivity index (χ1) is 11.8. The van der Waals surface area contributed by atoms with Crippen LogP contribution in [-0.4, -0.2) is 30.1 Å². The van der Waals surface area contributed by atoms with Gasteiger partial charge in [-0.15, -0.1) is 24.0 Å². The van der Waals surface area contributed by atoms with Crippen LogP contribution in [0.15, 0.2) is 38.1 Å². The van der Waals surface area contributed by atoms with Crippen LogP contribution in [0.3, 0.4) is 0 Å². The molecule has 8 nitrogen and oxygen atoms in total. The van der Waals surface area contributed by atoms with E-state index in [1.165, 1.54) is 6.07 Å². The summed E-state index contributed by atoms with van der Waals surface area (Å²) in [6.45, 7) is 6.50. The lowest BCUT2D eigenvalue weighted by Gasteiger charge is -2.22. The molecule has 0 spiro atoms. The van der Waals surface area contributed by atoms with E-state index in [9.17, 15) is 9.90 Å². The summed E-state index contributed by atoms with van der Waals surface area (Å²) < 4.78 is 10.8. The molecule has 0 radical (unpaired) electrons. The van der Waals surface area contributed by atoms with Gasteiger partial charge in [0, 0.05) is 6.54 Å². The molecule has 0 aliphatic carbocycles. The summed E-state index contributed by atoms with van der Waals surface area (Å²) in [7, 11) is 0. The molecule has 26 heavy (non-hydrogen) atoms. The minimum Gasteiger partial charge on any atom is -0.463 e. The average Bonchev–Trinajstić information content (AvgIpc) is 3.19. The Morgan fingerprint density at radius 2 is 2.00 bits per heavy atom. The summed E-state index contributed by atoms with van der Waals surface area (Å²) in [5.41, 5.74) is 3.97. The number of furan rings is 2. The molecule has 0 aromatic carbocycles. The number of rotatable bonds is 7. The van der Waals surface area contributed by atoms with E-state index >= 15 is 0 Å². The molecular formula is C17H25IN4O4. The highest BCUT2D eigenvalue weighted by molar-refractivity contribution is 14.0. The number of primary amides is 1. The van der Waals surface area contributed by atoms with Crippen LogP contribution in [0, 0.1) is 6.92 Å². The van der Waals surface area contributed by atoms with Crippen LogP contribution in [0.5, 0.6) is 0 Å². The predicted molar refractivity (Wildman–Crippen MR) is 108 cm³/mol. The van der Waals surface area contributed by atoms with Crippen LogP contribution in [0.1, 0.15) is 41.7 Å². The van der Waals surface area contributed by atoms with E-state index in [1.54, 1.807) is 25.1 Å². The number of aliphatic hydroxyl groups is 1. The van der Waals surface area contributed by atoms with E-state index in [-0.39, 0.29) is 42.8 Å². The van der Waals surface area contributed by atoms with Gasteiger partial charge in [0.1, 0.15) is 29.4 Å². The number of hydrogen-bond donors (Lipinski definition) is 4. The van der Waals surface area contributed by atoms with Gasteiger partial charge < -0.3 is 30.3 Å². The Morgan fingerprint density at radius 1 is 1.27 bits per heavy atom. The highest BCUT2D eigenvalue weighted by atomic mass is 127. The molecule has 2 aromatic rings. The Bertz CT molecular complexity index is 752. The van der Waals surface area contributed by atoms with Crippen LogP contribution < -0.4 is 16.4 Å². The number of nitrogens with one attached hydrogen (secondary N) is 2. The second-order valence-corrected chi connectivity index (χ2v) is 5.86. The van der Waals surface area contributed by atoms with Gasteiger partial charge in [0.2, 0.25) is 0 Å². The number of nitrogens with zero attached hydrogens (tertiary/aromatic N) is 1. The molecule has 1 unspecified atom stereocenters. The number of hydrogen-bond acceptors (Lipinski definition) is 5. The highest BCUT2D eigenvalue weighted by Crippen LogP contribution is 2.21. The van der Waals surface area contributed by atoms with E-state index < -0.39 is 11.5 Å². The fraction of sp³-hybridized carbons (Fsp3) is 0.412. The number of guanidine groups is 1. The topological polar surface area (TPSA) is 126 Å². The summed E-state index contributed by atoms with van der Waals surface area (Å²) >= 11 is 0. The highest BCUT2D eigenvalue weighted by Gasteiger charge is 2.27. The van der Waals surface area contributed by atoms with Gasteiger partial charge in [0.15, 0.2) is 11.7 Å². The van der Waals surface area contributed by atoms with E-state index in [0.29, 0.717) is 24.0 Å². The molecule has 0 fully saturated rings. The third-order valence-corrected chi connectivity index (χ3v) is 3.51. The van der Waals surface area contributed by atoms with E-state index in [2.05, 4.69) is 15.6 Å². The van der Waals surface area contributed by atoms with E-state index in [4.69, 9.17) is 14.6 Å². The normalized spacial score (nSPS) is 13.6. The van der Waals surface area contributed by atoms with Crippen LogP contribution in [0.2, 0.25) is 0 Å². The van der Waals surface area contributed by atoms with Crippen LogP contribution >= 0.6 is 24.0 Å². The quantitative estimate of drug-likeness (QED) is 0.275. The molecule has 2 rings (SSSR count). The number of amides is 1. The summed E-state index contributed by atoms with van der Waals surface area (Å²) in [5.74, 6) is 1.70. The lowest BCUT2D eigenvalue weighted by molar-refractivity contribution is 0.0378. The number of carbonyl (C=O) groups excluding carboxylic acids is 1. The Balaban J connectivity index is 0.00000338. The third kappa shape index (κ3) is 6.06. The standard InChI is InChI=1S/C17H24N4O4.HI/c1-4-19-16(20-9-12-6-7-13(25-12)15(18)22)21-10-17(3,23)14-8-5-11(2)24-14;/h5-8,23H,4,9-10H2,1-3H3,(H2,18,22)(H2,19,20,21);1H. The maximum absolute atomic E-state index is 11.0. The van der Waals surface area contributed by atoms with E-state index in [1.807, 2.05) is 13.8 Å². The van der Waals surface area contributed by atoms with E-state index in [0.717, 1.165) is 5.76 Å². The van der Waals surface area contributed by atoms with Crippen molar-refractivity contribution in [1.82, 2.24) is 10.6 Å². The number of aryl methyl sites for hydroxylation is 1. The average molecular weight is 476 g/mol. The van der Waals surface area contributed by atoms with Gasteiger partial charge in [-0.25, -0.2) is 4.99 Å². The lowest BCUT2D eigenvalue weighted by atomic mass is 10.0. The maximum atomic E-state index is 11.0. The lowest BCUT2D eigenvalue weighted by Crippen LogP contribution is -2.44. The zero-order chi connectivity index (χ0) is 18.4. The number of halogens is 1. The zero-order valence-electron chi connectivity index (χ0n) is 15.0. The first-order valence-corrected chi connectivity index (χ1v) is 8.02.